The lowest BCUT2D eigenvalue weighted by atomic mass is 10.1. The number of hydrogen-bond donors (Lipinski definition) is 1. The summed E-state index contributed by atoms with van der Waals surface area (Å²) in [6.07, 6.45) is 0.448. The maximum Gasteiger partial charge on any atom is 0.164 e. The molecule has 2 N–H and O–H groups in total. The summed E-state index contributed by atoms with van der Waals surface area (Å²) in [5.74, 6) is 1.41. The number of Topliss-reactive ketones (excluding diaryl/α,β-unsaturated/α-hetero) is 1. The van der Waals surface area contributed by atoms with Gasteiger partial charge in [-0.1, -0.05) is 25.1 Å². The molecule has 0 fully saturated rings. The fourth-order valence-electron chi connectivity index (χ4n) is 1.67. The SMILES string of the molecule is CCC(=O)c1ccc(Oc2ccccc2)cc1N. The molecule has 0 aliphatic rings. The number of hydrogen-bond acceptors (Lipinski definition) is 3. The molecule has 0 spiro atoms. The van der Waals surface area contributed by atoms with Gasteiger partial charge >= 0.3 is 0 Å². The fourth-order valence-corrected chi connectivity index (χ4v) is 1.67. The van der Waals surface area contributed by atoms with E-state index in [1.54, 1.807) is 18.2 Å². The monoisotopic (exact) mass is 241 g/mol. The molecular weight excluding hydrogens is 226 g/mol. The molecule has 3 nitrogen and oxygen atoms in total. The number of ketones is 1. The van der Waals surface area contributed by atoms with Crippen molar-refractivity contribution >= 4 is 11.5 Å². The van der Waals surface area contributed by atoms with Gasteiger partial charge in [-0.2, -0.15) is 0 Å². The van der Waals surface area contributed by atoms with E-state index in [1.165, 1.54) is 0 Å². The zero-order valence-electron chi connectivity index (χ0n) is 10.2. The number of nitrogens with two attached hydrogens (primary N) is 1. The number of para-hydroxylation sites is 1. The summed E-state index contributed by atoms with van der Waals surface area (Å²) in [6, 6.07) is 14.6. The van der Waals surface area contributed by atoms with E-state index < -0.39 is 0 Å². The van der Waals surface area contributed by atoms with Crippen molar-refractivity contribution in [3.63, 3.8) is 0 Å². The Bertz CT molecular complexity index is 550. The van der Waals surface area contributed by atoms with E-state index in [-0.39, 0.29) is 5.78 Å². The highest BCUT2D eigenvalue weighted by atomic mass is 16.5. The Labute approximate surface area is 106 Å². The van der Waals surface area contributed by atoms with E-state index in [2.05, 4.69) is 0 Å². The topological polar surface area (TPSA) is 52.3 Å². The second-order valence-electron chi connectivity index (χ2n) is 3.94. The number of carbonyl (C=O) groups excluding carboxylic acids is 1. The molecule has 2 aromatic rings. The van der Waals surface area contributed by atoms with Gasteiger partial charge in [-0.25, -0.2) is 0 Å². The van der Waals surface area contributed by atoms with Crippen molar-refractivity contribution in [3.05, 3.63) is 54.1 Å². The predicted molar refractivity (Wildman–Crippen MR) is 72.0 cm³/mol. The van der Waals surface area contributed by atoms with E-state index in [0.29, 0.717) is 23.4 Å². The highest BCUT2D eigenvalue weighted by molar-refractivity contribution is 6.00. The second kappa shape index (κ2) is 5.36. The quantitative estimate of drug-likeness (QED) is 0.656. The molecule has 0 atom stereocenters. The lowest BCUT2D eigenvalue weighted by Gasteiger charge is -2.08. The van der Waals surface area contributed by atoms with Crippen LogP contribution in [-0.4, -0.2) is 5.78 Å². The fraction of sp³-hybridized carbons (Fsp3) is 0.133. The predicted octanol–water partition coefficient (Wildman–Crippen LogP) is 3.65. The number of carbonyl (C=O) groups is 1. The zero-order valence-corrected chi connectivity index (χ0v) is 10.2. The van der Waals surface area contributed by atoms with Crippen LogP contribution in [0.25, 0.3) is 0 Å². The molecule has 2 aromatic carbocycles. The van der Waals surface area contributed by atoms with Crippen molar-refractivity contribution < 1.29 is 9.53 Å². The maximum absolute atomic E-state index is 11.6. The molecule has 0 aliphatic heterocycles. The van der Waals surface area contributed by atoms with E-state index in [9.17, 15) is 4.79 Å². The minimum atomic E-state index is 0.0405. The summed E-state index contributed by atoms with van der Waals surface area (Å²) in [5, 5.41) is 0. The first kappa shape index (κ1) is 12.2. The molecule has 0 radical (unpaired) electrons. The average Bonchev–Trinajstić information content (AvgIpc) is 2.39. The molecule has 18 heavy (non-hydrogen) atoms. The van der Waals surface area contributed by atoms with Crippen molar-refractivity contribution in [2.75, 3.05) is 5.73 Å². The molecule has 0 unspecified atom stereocenters. The number of nitrogen functional groups attached to an aromatic ring is 1. The molecule has 3 heteroatoms. The summed E-state index contributed by atoms with van der Waals surface area (Å²) < 4.78 is 5.64. The standard InChI is InChI=1S/C15H15NO2/c1-2-15(17)13-9-8-12(10-14(13)16)18-11-6-4-3-5-7-11/h3-10H,2,16H2,1H3. The van der Waals surface area contributed by atoms with Gasteiger partial charge in [0, 0.05) is 23.7 Å². The molecule has 92 valence electrons. The number of benzene rings is 2. The molecule has 0 saturated heterocycles. The van der Waals surface area contributed by atoms with Gasteiger partial charge in [0.2, 0.25) is 0 Å². The molecule has 0 heterocycles. The summed E-state index contributed by atoms with van der Waals surface area (Å²) in [7, 11) is 0. The lowest BCUT2D eigenvalue weighted by Crippen LogP contribution is -2.02. The average molecular weight is 241 g/mol. The highest BCUT2D eigenvalue weighted by Gasteiger charge is 2.08. The number of ether oxygens (including phenoxy) is 1. The van der Waals surface area contributed by atoms with Crippen LogP contribution in [0.2, 0.25) is 0 Å². The Balaban J connectivity index is 2.22. The largest absolute Gasteiger partial charge is 0.457 e. The summed E-state index contributed by atoms with van der Waals surface area (Å²) in [4.78, 5) is 11.6. The van der Waals surface area contributed by atoms with Crippen molar-refractivity contribution in [2.24, 2.45) is 0 Å². The molecule has 0 saturated carbocycles. The Kier molecular flexibility index (Phi) is 3.63. The van der Waals surface area contributed by atoms with Crippen LogP contribution in [0.3, 0.4) is 0 Å². The van der Waals surface area contributed by atoms with Gasteiger partial charge in [0.25, 0.3) is 0 Å². The normalized spacial score (nSPS) is 10.1. The first-order chi connectivity index (χ1) is 8.70. The van der Waals surface area contributed by atoms with Crippen LogP contribution in [0.1, 0.15) is 23.7 Å². The Morgan fingerprint density at radius 3 is 2.44 bits per heavy atom. The third-order valence-corrected chi connectivity index (χ3v) is 2.62. The zero-order chi connectivity index (χ0) is 13.0. The van der Waals surface area contributed by atoms with Crippen molar-refractivity contribution in [1.29, 1.82) is 0 Å². The van der Waals surface area contributed by atoms with Gasteiger partial charge in [0.15, 0.2) is 5.78 Å². The van der Waals surface area contributed by atoms with E-state index >= 15 is 0 Å². The molecule has 2 rings (SSSR count). The van der Waals surface area contributed by atoms with Crippen molar-refractivity contribution in [1.82, 2.24) is 0 Å². The van der Waals surface area contributed by atoms with Crippen LogP contribution < -0.4 is 10.5 Å². The number of anilines is 1. The number of rotatable bonds is 4. The van der Waals surface area contributed by atoms with Gasteiger partial charge in [0.1, 0.15) is 11.5 Å². The van der Waals surface area contributed by atoms with Crippen LogP contribution in [0.15, 0.2) is 48.5 Å². The molecule has 0 aromatic heterocycles. The summed E-state index contributed by atoms with van der Waals surface area (Å²) in [5.41, 5.74) is 6.86. The van der Waals surface area contributed by atoms with Crippen LogP contribution in [-0.2, 0) is 0 Å². The molecular formula is C15H15NO2. The van der Waals surface area contributed by atoms with Gasteiger partial charge < -0.3 is 10.5 Å². The van der Waals surface area contributed by atoms with E-state index in [1.807, 2.05) is 37.3 Å². The van der Waals surface area contributed by atoms with E-state index in [0.717, 1.165) is 5.75 Å². The van der Waals surface area contributed by atoms with Gasteiger partial charge in [-0.3, -0.25) is 4.79 Å². The van der Waals surface area contributed by atoms with Crippen molar-refractivity contribution in [3.8, 4) is 11.5 Å². The first-order valence-electron chi connectivity index (χ1n) is 5.86. The van der Waals surface area contributed by atoms with Crippen LogP contribution in [0, 0.1) is 0 Å². The van der Waals surface area contributed by atoms with Crippen LogP contribution in [0.4, 0.5) is 5.69 Å². The third kappa shape index (κ3) is 2.69. The minimum absolute atomic E-state index is 0.0405. The Morgan fingerprint density at radius 1 is 1.11 bits per heavy atom. The Morgan fingerprint density at radius 2 is 1.83 bits per heavy atom. The first-order valence-corrected chi connectivity index (χ1v) is 5.86. The van der Waals surface area contributed by atoms with Gasteiger partial charge in [-0.15, -0.1) is 0 Å². The minimum Gasteiger partial charge on any atom is -0.457 e. The lowest BCUT2D eigenvalue weighted by molar-refractivity contribution is 0.0989. The van der Waals surface area contributed by atoms with Crippen LogP contribution in [0.5, 0.6) is 11.5 Å². The Hall–Kier alpha value is -2.29. The van der Waals surface area contributed by atoms with Gasteiger partial charge in [0.05, 0.1) is 0 Å². The molecule has 0 aliphatic carbocycles. The van der Waals surface area contributed by atoms with E-state index in [4.69, 9.17) is 10.5 Å². The van der Waals surface area contributed by atoms with Crippen molar-refractivity contribution in [2.45, 2.75) is 13.3 Å². The summed E-state index contributed by atoms with van der Waals surface area (Å²) >= 11 is 0. The molecule has 0 bridgehead atoms. The highest BCUT2D eigenvalue weighted by Crippen LogP contribution is 2.25. The maximum atomic E-state index is 11.6. The summed E-state index contributed by atoms with van der Waals surface area (Å²) in [6.45, 7) is 1.82. The molecule has 0 amide bonds. The van der Waals surface area contributed by atoms with Gasteiger partial charge in [-0.05, 0) is 24.3 Å². The smallest absolute Gasteiger partial charge is 0.164 e. The van der Waals surface area contributed by atoms with Crippen LogP contribution >= 0.6 is 0 Å². The second-order valence-corrected chi connectivity index (χ2v) is 3.94. The third-order valence-electron chi connectivity index (χ3n) is 2.62.